The number of hydrogen-bond donors (Lipinski definition) is 1. The maximum Gasteiger partial charge on any atom is 0.341 e. The van der Waals surface area contributed by atoms with Crippen molar-refractivity contribution >= 4 is 51.0 Å². The second kappa shape index (κ2) is 8.59. The molecule has 0 spiro atoms. The predicted molar refractivity (Wildman–Crippen MR) is 117 cm³/mol. The first-order chi connectivity index (χ1) is 14.1. The fourth-order valence-electron chi connectivity index (χ4n) is 3.65. The van der Waals surface area contributed by atoms with Crippen LogP contribution in [0.25, 0.3) is 11.0 Å². The predicted octanol–water partition coefficient (Wildman–Crippen LogP) is 4.42. The minimum atomic E-state index is -0.367. The SMILES string of the molecule is COC(=O)c1c(NC(=O)CCSc2nc3ccccc3n2C)sc2c1CCCC2. The molecule has 152 valence electrons. The van der Waals surface area contributed by atoms with Gasteiger partial charge in [-0.2, -0.15) is 0 Å². The minimum absolute atomic E-state index is 0.0972. The van der Waals surface area contributed by atoms with Gasteiger partial charge in [0.25, 0.3) is 0 Å². The van der Waals surface area contributed by atoms with E-state index in [0.29, 0.717) is 22.7 Å². The lowest BCUT2D eigenvalue weighted by Crippen LogP contribution is -2.15. The number of hydrogen-bond acceptors (Lipinski definition) is 6. The number of rotatable bonds is 6. The molecule has 29 heavy (non-hydrogen) atoms. The van der Waals surface area contributed by atoms with Crippen molar-refractivity contribution in [3.63, 3.8) is 0 Å². The highest BCUT2D eigenvalue weighted by Crippen LogP contribution is 2.38. The van der Waals surface area contributed by atoms with Gasteiger partial charge in [0, 0.05) is 24.1 Å². The van der Waals surface area contributed by atoms with Crippen molar-refractivity contribution in [3.05, 3.63) is 40.3 Å². The van der Waals surface area contributed by atoms with Crippen LogP contribution in [-0.4, -0.2) is 34.3 Å². The maximum absolute atomic E-state index is 12.5. The average molecular weight is 430 g/mol. The zero-order valence-electron chi connectivity index (χ0n) is 16.5. The molecule has 0 radical (unpaired) electrons. The highest BCUT2D eigenvalue weighted by molar-refractivity contribution is 7.99. The Labute approximate surface area is 177 Å². The van der Waals surface area contributed by atoms with Gasteiger partial charge in [-0.15, -0.1) is 11.3 Å². The fourth-order valence-corrected chi connectivity index (χ4v) is 5.87. The van der Waals surface area contributed by atoms with Crippen LogP contribution in [0.3, 0.4) is 0 Å². The number of amides is 1. The number of carbonyl (C=O) groups excluding carboxylic acids is 2. The van der Waals surface area contributed by atoms with Crippen LogP contribution in [0, 0.1) is 0 Å². The molecule has 0 saturated heterocycles. The lowest BCUT2D eigenvalue weighted by atomic mass is 9.95. The summed E-state index contributed by atoms with van der Waals surface area (Å²) in [4.78, 5) is 30.6. The number of benzene rings is 1. The van der Waals surface area contributed by atoms with E-state index in [2.05, 4.69) is 10.3 Å². The molecule has 0 fully saturated rings. The average Bonchev–Trinajstić information content (AvgIpc) is 3.25. The Bertz CT molecular complexity index is 1070. The first kappa shape index (κ1) is 20.0. The van der Waals surface area contributed by atoms with Crippen molar-refractivity contribution in [1.82, 2.24) is 9.55 Å². The number of methoxy groups -OCH3 is 1. The van der Waals surface area contributed by atoms with E-state index in [1.165, 1.54) is 23.3 Å². The van der Waals surface area contributed by atoms with Gasteiger partial charge in [0.2, 0.25) is 5.91 Å². The van der Waals surface area contributed by atoms with Crippen LogP contribution in [0.15, 0.2) is 29.4 Å². The summed E-state index contributed by atoms with van der Waals surface area (Å²) in [5.74, 6) is 0.149. The number of esters is 1. The number of ether oxygens (including phenoxy) is 1. The van der Waals surface area contributed by atoms with Crippen molar-refractivity contribution < 1.29 is 14.3 Å². The van der Waals surface area contributed by atoms with E-state index >= 15 is 0 Å². The molecule has 1 aromatic carbocycles. The number of nitrogens with zero attached hydrogens (tertiary/aromatic N) is 2. The van der Waals surface area contributed by atoms with Gasteiger partial charge in [-0.25, -0.2) is 9.78 Å². The standard InChI is InChI=1S/C21H23N3O3S2/c1-24-15-9-5-4-8-14(15)22-21(24)28-12-11-17(25)23-19-18(20(26)27-2)13-7-3-6-10-16(13)29-19/h4-5,8-9H,3,6-7,10-12H2,1-2H3,(H,23,25). The summed E-state index contributed by atoms with van der Waals surface area (Å²) < 4.78 is 7.01. The van der Waals surface area contributed by atoms with Gasteiger partial charge in [0.1, 0.15) is 5.00 Å². The van der Waals surface area contributed by atoms with E-state index in [1.807, 2.05) is 35.9 Å². The van der Waals surface area contributed by atoms with Gasteiger partial charge in [-0.3, -0.25) is 4.79 Å². The lowest BCUT2D eigenvalue weighted by molar-refractivity contribution is -0.115. The summed E-state index contributed by atoms with van der Waals surface area (Å²) in [7, 11) is 3.37. The second-order valence-corrected chi connectivity index (χ2v) is 9.16. The number of anilines is 1. The van der Waals surface area contributed by atoms with Crippen molar-refractivity contribution in [1.29, 1.82) is 0 Å². The van der Waals surface area contributed by atoms with Crippen LogP contribution in [0.1, 0.15) is 40.1 Å². The number of thiophene rings is 1. The summed E-state index contributed by atoms with van der Waals surface area (Å²) in [6.07, 6.45) is 4.36. The number of imidazole rings is 1. The molecule has 0 unspecified atom stereocenters. The number of thioether (sulfide) groups is 1. The Kier molecular flexibility index (Phi) is 5.91. The van der Waals surface area contributed by atoms with Crippen molar-refractivity contribution in [2.24, 2.45) is 7.05 Å². The molecule has 2 aromatic heterocycles. The van der Waals surface area contributed by atoms with E-state index < -0.39 is 0 Å². The molecule has 1 aliphatic carbocycles. The van der Waals surface area contributed by atoms with Gasteiger partial charge >= 0.3 is 5.97 Å². The zero-order chi connectivity index (χ0) is 20.4. The Hall–Kier alpha value is -2.32. The molecule has 1 aliphatic rings. The van der Waals surface area contributed by atoms with Crippen molar-refractivity contribution in [2.45, 2.75) is 37.3 Å². The third-order valence-corrected chi connectivity index (χ3v) is 7.36. The van der Waals surface area contributed by atoms with Gasteiger partial charge < -0.3 is 14.6 Å². The Morgan fingerprint density at radius 2 is 2.07 bits per heavy atom. The minimum Gasteiger partial charge on any atom is -0.465 e. The second-order valence-electron chi connectivity index (χ2n) is 7.00. The normalized spacial score (nSPS) is 13.3. The maximum atomic E-state index is 12.5. The van der Waals surface area contributed by atoms with Crippen LogP contribution >= 0.6 is 23.1 Å². The molecule has 3 aromatic rings. The highest BCUT2D eigenvalue weighted by Gasteiger charge is 2.26. The topological polar surface area (TPSA) is 73.2 Å². The van der Waals surface area contributed by atoms with E-state index in [1.54, 1.807) is 11.8 Å². The Morgan fingerprint density at radius 3 is 2.86 bits per heavy atom. The van der Waals surface area contributed by atoms with Gasteiger partial charge in [0.15, 0.2) is 5.16 Å². The van der Waals surface area contributed by atoms with Crippen LogP contribution in [0.4, 0.5) is 5.00 Å². The third kappa shape index (κ3) is 4.04. The summed E-state index contributed by atoms with van der Waals surface area (Å²) in [6.45, 7) is 0. The van der Waals surface area contributed by atoms with E-state index in [4.69, 9.17) is 4.74 Å². The highest BCUT2D eigenvalue weighted by atomic mass is 32.2. The molecule has 8 heteroatoms. The molecule has 1 N–H and O–H groups in total. The summed E-state index contributed by atoms with van der Waals surface area (Å²) >= 11 is 3.07. The molecule has 2 heterocycles. The van der Waals surface area contributed by atoms with E-state index in [9.17, 15) is 9.59 Å². The zero-order valence-corrected chi connectivity index (χ0v) is 18.1. The molecular weight excluding hydrogens is 406 g/mol. The van der Waals surface area contributed by atoms with Crippen LogP contribution in [-0.2, 0) is 29.4 Å². The smallest absolute Gasteiger partial charge is 0.341 e. The first-order valence-corrected chi connectivity index (χ1v) is 11.5. The van der Waals surface area contributed by atoms with E-state index in [-0.39, 0.29) is 11.9 Å². The van der Waals surface area contributed by atoms with Crippen molar-refractivity contribution in [3.8, 4) is 0 Å². The quantitative estimate of drug-likeness (QED) is 0.464. The van der Waals surface area contributed by atoms with Crippen molar-refractivity contribution in [2.75, 3.05) is 18.2 Å². The largest absolute Gasteiger partial charge is 0.465 e. The van der Waals surface area contributed by atoms with Crippen LogP contribution in [0.2, 0.25) is 0 Å². The summed E-state index contributed by atoms with van der Waals surface area (Å²) in [6, 6.07) is 7.98. The Balaban J connectivity index is 1.41. The van der Waals surface area contributed by atoms with Gasteiger partial charge in [-0.05, 0) is 43.4 Å². The monoisotopic (exact) mass is 429 g/mol. The Morgan fingerprint density at radius 1 is 1.28 bits per heavy atom. The molecule has 0 aliphatic heterocycles. The van der Waals surface area contributed by atoms with Gasteiger partial charge in [-0.1, -0.05) is 23.9 Å². The number of aryl methyl sites for hydroxylation is 2. The summed E-state index contributed by atoms with van der Waals surface area (Å²) in [5.41, 5.74) is 3.63. The molecule has 4 rings (SSSR count). The first-order valence-electron chi connectivity index (χ1n) is 9.65. The third-order valence-electron chi connectivity index (χ3n) is 5.12. The van der Waals surface area contributed by atoms with Crippen LogP contribution < -0.4 is 5.32 Å². The number of para-hydroxylation sites is 2. The number of nitrogens with one attached hydrogen (secondary N) is 1. The number of aromatic nitrogens is 2. The van der Waals surface area contributed by atoms with Gasteiger partial charge in [0.05, 0.1) is 23.7 Å². The molecule has 0 bridgehead atoms. The van der Waals surface area contributed by atoms with E-state index in [0.717, 1.165) is 47.4 Å². The number of fused-ring (bicyclic) bond motifs is 2. The molecule has 1 amide bonds. The molecule has 6 nitrogen and oxygen atoms in total. The number of carbonyl (C=O) groups is 2. The molecule has 0 saturated carbocycles. The fraction of sp³-hybridized carbons (Fsp3) is 0.381. The molecular formula is C21H23N3O3S2. The molecule has 0 atom stereocenters. The van der Waals surface area contributed by atoms with Crippen LogP contribution in [0.5, 0.6) is 0 Å². The summed E-state index contributed by atoms with van der Waals surface area (Å²) in [5, 5.41) is 4.46. The lowest BCUT2D eigenvalue weighted by Gasteiger charge is -2.11.